The highest BCUT2D eigenvalue weighted by Gasteiger charge is 2.69. The van der Waals surface area contributed by atoms with E-state index in [2.05, 4.69) is 4.28 Å². The van der Waals surface area contributed by atoms with Crippen molar-refractivity contribution in [2.45, 2.75) is 29.7 Å². The van der Waals surface area contributed by atoms with Crippen LogP contribution in [0.5, 0.6) is 0 Å². The van der Waals surface area contributed by atoms with Gasteiger partial charge in [-0.15, -0.1) is 9.35 Å². The molecule has 1 aromatic carbocycles. The molecule has 2 aliphatic carbocycles. The van der Waals surface area contributed by atoms with E-state index in [0.717, 1.165) is 12.1 Å². The summed E-state index contributed by atoms with van der Waals surface area (Å²) >= 11 is 0. The van der Waals surface area contributed by atoms with Crippen LogP contribution in [0.3, 0.4) is 0 Å². The zero-order valence-electron chi connectivity index (χ0n) is 13.8. The molecule has 0 N–H and O–H groups in total. The van der Waals surface area contributed by atoms with E-state index in [1.165, 1.54) is 0 Å². The molecule has 4 rings (SSSR count). The number of nitrogens with zero attached hydrogens (tertiary/aromatic N) is 1. The first-order valence-corrected chi connectivity index (χ1v) is 9.66. The van der Waals surface area contributed by atoms with Crippen molar-refractivity contribution in [1.29, 1.82) is 0 Å². The lowest BCUT2D eigenvalue weighted by molar-refractivity contribution is -0.166. The van der Waals surface area contributed by atoms with Gasteiger partial charge in [0.1, 0.15) is 17.1 Å². The summed E-state index contributed by atoms with van der Waals surface area (Å²) in [5.74, 6) is -6.46. The van der Waals surface area contributed by atoms with Crippen molar-refractivity contribution in [2.75, 3.05) is 0 Å². The van der Waals surface area contributed by atoms with Gasteiger partial charge >= 0.3 is 16.3 Å². The maximum absolute atomic E-state index is 13.1. The van der Waals surface area contributed by atoms with E-state index in [0.29, 0.717) is 12.1 Å². The predicted octanol–water partition coefficient (Wildman–Crippen LogP) is 1.17. The number of hydrogen-bond acceptors (Lipinski definition) is 5. The van der Waals surface area contributed by atoms with E-state index < -0.39 is 74.4 Å². The zero-order chi connectivity index (χ0) is 20.6. The molecular formula is C16H12F3NO7S. The van der Waals surface area contributed by atoms with E-state index in [1.54, 1.807) is 0 Å². The molecular weight excluding hydrogens is 407 g/mol. The highest BCUT2D eigenvalue weighted by molar-refractivity contribution is 7.86. The Morgan fingerprint density at radius 1 is 0.964 bits per heavy atom. The second-order valence-electron chi connectivity index (χ2n) is 7.04. The van der Waals surface area contributed by atoms with Crippen molar-refractivity contribution >= 4 is 21.9 Å². The summed E-state index contributed by atoms with van der Waals surface area (Å²) in [6.45, 7) is 0. The summed E-state index contributed by atoms with van der Waals surface area (Å²) in [5.41, 5.74) is -1.52. The third kappa shape index (κ3) is 2.59. The van der Waals surface area contributed by atoms with E-state index in [-0.39, 0.29) is 11.5 Å². The minimum atomic E-state index is -5.19. The number of amides is 2. The molecule has 150 valence electrons. The Morgan fingerprint density at radius 2 is 1.46 bits per heavy atom. The van der Waals surface area contributed by atoms with Crippen LogP contribution in [-0.2, 0) is 40.4 Å². The van der Waals surface area contributed by atoms with Crippen LogP contribution in [0.1, 0.15) is 12.0 Å². The first kappa shape index (κ1) is 19.3. The third-order valence-electron chi connectivity index (χ3n) is 5.63. The average Bonchev–Trinajstić information content (AvgIpc) is 3.22. The SMILES string of the molecule is [O]C1C([O])C2CC1C1C(=O)N(OS(=O)(=O)c3ccccc3C(F)(F)F)C(=O)C21. The zero-order valence-corrected chi connectivity index (χ0v) is 14.6. The highest BCUT2D eigenvalue weighted by atomic mass is 32.2. The molecule has 28 heavy (non-hydrogen) atoms. The monoisotopic (exact) mass is 419 g/mol. The van der Waals surface area contributed by atoms with Gasteiger partial charge in [0.2, 0.25) is 0 Å². The van der Waals surface area contributed by atoms with Gasteiger partial charge in [0.15, 0.2) is 0 Å². The van der Waals surface area contributed by atoms with Crippen LogP contribution >= 0.6 is 0 Å². The molecule has 6 atom stereocenters. The van der Waals surface area contributed by atoms with Gasteiger partial charge in [0.25, 0.3) is 11.8 Å². The molecule has 2 amide bonds. The lowest BCUT2D eigenvalue weighted by Crippen LogP contribution is -2.41. The molecule has 1 heterocycles. The van der Waals surface area contributed by atoms with Crippen molar-refractivity contribution in [1.82, 2.24) is 5.06 Å². The summed E-state index contributed by atoms with van der Waals surface area (Å²) < 4.78 is 68.5. The number of hydroxylamine groups is 2. The van der Waals surface area contributed by atoms with Crippen molar-refractivity contribution in [3.8, 4) is 0 Å². The smallest absolute Gasteiger partial charge is 0.272 e. The van der Waals surface area contributed by atoms with Crippen LogP contribution in [0.15, 0.2) is 29.2 Å². The van der Waals surface area contributed by atoms with E-state index >= 15 is 0 Å². The largest absolute Gasteiger partial charge is 0.417 e. The Kier molecular flexibility index (Phi) is 4.13. The second kappa shape index (κ2) is 5.99. The molecule has 3 aliphatic rings. The fourth-order valence-electron chi connectivity index (χ4n) is 4.49. The minimum absolute atomic E-state index is 0.0899. The molecule has 3 fully saturated rings. The molecule has 2 bridgehead atoms. The quantitative estimate of drug-likeness (QED) is 0.681. The summed E-state index contributed by atoms with van der Waals surface area (Å²) in [7, 11) is -5.19. The Morgan fingerprint density at radius 3 is 1.96 bits per heavy atom. The van der Waals surface area contributed by atoms with Crippen molar-refractivity contribution in [3.05, 3.63) is 29.8 Å². The number of imide groups is 1. The molecule has 0 aromatic heterocycles. The second-order valence-corrected chi connectivity index (χ2v) is 8.53. The number of rotatable bonds is 3. The molecule has 0 spiro atoms. The molecule has 1 saturated heterocycles. The number of halogens is 3. The number of carbonyl (C=O) groups excluding carboxylic acids is 2. The summed E-state index contributed by atoms with van der Waals surface area (Å²) in [4.78, 5) is 23.7. The van der Waals surface area contributed by atoms with E-state index in [4.69, 9.17) is 0 Å². The lowest BCUT2D eigenvalue weighted by atomic mass is 9.78. The standard InChI is InChI=1S/C16H12F3NO7S/c17-16(18,19)8-3-1-2-4-9(8)28(25,26)27-20-14(23)10-6-5-7(11(10)15(20)24)13(22)12(6)21/h1-4,6-7,10-13H,5H2. The van der Waals surface area contributed by atoms with Crippen LogP contribution < -0.4 is 0 Å². The number of hydrogen-bond donors (Lipinski definition) is 0. The van der Waals surface area contributed by atoms with E-state index in [1.807, 2.05) is 0 Å². The summed E-state index contributed by atoms with van der Waals surface area (Å²) in [5, 5.41) is 23.8. The minimum Gasteiger partial charge on any atom is -0.272 e. The van der Waals surface area contributed by atoms with Crippen LogP contribution in [-0.4, -0.2) is 37.5 Å². The van der Waals surface area contributed by atoms with Crippen LogP contribution in [0.4, 0.5) is 13.2 Å². The number of fused-ring (bicyclic) bond motifs is 5. The van der Waals surface area contributed by atoms with Gasteiger partial charge in [-0.2, -0.15) is 21.6 Å². The Balaban J connectivity index is 1.66. The van der Waals surface area contributed by atoms with Crippen molar-refractivity contribution in [2.24, 2.45) is 23.7 Å². The van der Waals surface area contributed by atoms with Crippen molar-refractivity contribution in [3.63, 3.8) is 0 Å². The summed E-state index contributed by atoms with van der Waals surface area (Å²) in [6, 6.07) is 3.15. The van der Waals surface area contributed by atoms with Crippen molar-refractivity contribution < 1.29 is 45.7 Å². The molecule has 2 saturated carbocycles. The molecule has 8 nitrogen and oxygen atoms in total. The highest BCUT2D eigenvalue weighted by Crippen LogP contribution is 2.56. The average molecular weight is 419 g/mol. The Hall–Kier alpha value is -2.02. The van der Waals surface area contributed by atoms with Crippen LogP contribution in [0.2, 0.25) is 0 Å². The number of benzene rings is 1. The first-order chi connectivity index (χ1) is 12.9. The first-order valence-electron chi connectivity index (χ1n) is 8.25. The van der Waals surface area contributed by atoms with Gasteiger partial charge in [-0.1, -0.05) is 12.1 Å². The van der Waals surface area contributed by atoms with Gasteiger partial charge in [-0.25, -0.2) is 10.2 Å². The fourth-order valence-corrected chi connectivity index (χ4v) is 5.61. The maximum Gasteiger partial charge on any atom is 0.417 e. The Bertz CT molecular complexity index is 931. The lowest BCUT2D eigenvalue weighted by Gasteiger charge is -2.26. The summed E-state index contributed by atoms with van der Waals surface area (Å²) in [6.07, 6.45) is -8.14. The Labute approximate surface area is 156 Å². The molecule has 12 heteroatoms. The molecule has 1 aromatic rings. The van der Waals surface area contributed by atoms with E-state index in [9.17, 15) is 41.4 Å². The van der Waals surface area contributed by atoms with Gasteiger partial charge < -0.3 is 0 Å². The normalized spacial score (nSPS) is 35.0. The van der Waals surface area contributed by atoms with Gasteiger partial charge in [-0.3, -0.25) is 9.59 Å². The maximum atomic E-state index is 13.1. The molecule has 1 aliphatic heterocycles. The van der Waals surface area contributed by atoms with Gasteiger partial charge in [0.05, 0.1) is 17.4 Å². The topological polar surface area (TPSA) is 121 Å². The molecule has 6 unspecified atom stereocenters. The van der Waals surface area contributed by atoms with Gasteiger partial charge in [-0.05, 0) is 18.6 Å². The number of carbonyl (C=O) groups is 2. The third-order valence-corrected chi connectivity index (χ3v) is 6.87. The number of alkyl halides is 3. The van der Waals surface area contributed by atoms with Crippen LogP contribution in [0.25, 0.3) is 0 Å². The van der Waals surface area contributed by atoms with Gasteiger partial charge in [0, 0.05) is 11.8 Å². The molecule has 2 radical (unpaired) electrons. The van der Waals surface area contributed by atoms with Crippen LogP contribution in [0, 0.1) is 23.7 Å². The fraction of sp³-hybridized carbons (Fsp3) is 0.500. The predicted molar refractivity (Wildman–Crippen MR) is 79.1 cm³/mol.